The molecule has 0 radical (unpaired) electrons. The molecule has 2 heterocycles. The van der Waals surface area contributed by atoms with Crippen LogP contribution in [0.5, 0.6) is 0 Å². The third-order valence-electron chi connectivity index (χ3n) is 3.16. The molecule has 1 aromatic carbocycles. The lowest BCUT2D eigenvalue weighted by molar-refractivity contribution is 0.781. The van der Waals surface area contributed by atoms with Gasteiger partial charge in [0.1, 0.15) is 4.83 Å². The molecule has 1 atom stereocenters. The van der Waals surface area contributed by atoms with Crippen molar-refractivity contribution >= 4 is 33.3 Å². The van der Waals surface area contributed by atoms with Gasteiger partial charge in [0.2, 0.25) is 0 Å². The molecule has 5 nitrogen and oxygen atoms in total. The second-order valence-electron chi connectivity index (χ2n) is 4.65. The highest BCUT2D eigenvalue weighted by Gasteiger charge is 2.17. The van der Waals surface area contributed by atoms with Crippen molar-refractivity contribution in [1.82, 2.24) is 9.66 Å². The zero-order chi connectivity index (χ0) is 15.7. The van der Waals surface area contributed by atoms with Crippen LogP contribution in [0, 0.1) is 11.3 Å². The average Bonchev–Trinajstić information content (AvgIpc) is 2.97. The Morgan fingerprint density at radius 3 is 2.82 bits per heavy atom. The van der Waals surface area contributed by atoms with Gasteiger partial charge in [-0.15, -0.1) is 11.3 Å². The maximum absolute atomic E-state index is 12.6. The number of nitrogens with two attached hydrogens (primary N) is 1. The molecule has 0 aliphatic rings. The molecule has 0 aliphatic heterocycles. The number of thiophene rings is 1. The summed E-state index contributed by atoms with van der Waals surface area (Å²) in [6.45, 7) is 1.74. The quantitative estimate of drug-likeness (QED) is 0.454. The van der Waals surface area contributed by atoms with Gasteiger partial charge in [0.05, 0.1) is 16.7 Å². The summed E-state index contributed by atoms with van der Waals surface area (Å²) in [5.41, 5.74) is 1.50. The second kappa shape index (κ2) is 5.83. The first-order valence-corrected chi connectivity index (χ1v) is 8.28. The summed E-state index contributed by atoms with van der Waals surface area (Å²) in [6.07, 6.45) is 0. The Hall–Kier alpha value is -2.30. The molecule has 7 heteroatoms. The van der Waals surface area contributed by atoms with E-state index in [1.807, 2.05) is 35.7 Å². The van der Waals surface area contributed by atoms with Crippen LogP contribution in [0.2, 0.25) is 0 Å². The standard InChI is InChI=1S/C15H12N4OS2/c1-9(7-16)22-15-18-13-12(14(20)19(15)17)11(8-21-13)10-5-3-2-4-6-10/h2-6,8-9H,17H2,1H3/t9-/m1/s1. The number of nitrogens with zero attached hydrogens (tertiary/aromatic N) is 3. The molecule has 2 N–H and O–H groups in total. The Bertz CT molecular complexity index is 924. The van der Waals surface area contributed by atoms with Crippen LogP contribution in [0.4, 0.5) is 0 Å². The van der Waals surface area contributed by atoms with Crippen molar-refractivity contribution in [3.63, 3.8) is 0 Å². The Labute approximate surface area is 135 Å². The number of hydrogen-bond donors (Lipinski definition) is 1. The summed E-state index contributed by atoms with van der Waals surface area (Å²) in [5, 5.41) is 11.4. The van der Waals surface area contributed by atoms with E-state index in [9.17, 15) is 4.79 Å². The zero-order valence-electron chi connectivity index (χ0n) is 11.7. The minimum atomic E-state index is -0.326. The van der Waals surface area contributed by atoms with E-state index in [-0.39, 0.29) is 10.8 Å². The first-order valence-electron chi connectivity index (χ1n) is 6.53. The van der Waals surface area contributed by atoms with Crippen LogP contribution < -0.4 is 11.4 Å². The Kier molecular flexibility index (Phi) is 3.88. The number of nitrogen functional groups attached to an aromatic ring is 1. The summed E-state index contributed by atoms with van der Waals surface area (Å²) in [4.78, 5) is 17.7. The minimum Gasteiger partial charge on any atom is -0.334 e. The van der Waals surface area contributed by atoms with E-state index < -0.39 is 0 Å². The van der Waals surface area contributed by atoms with Crippen molar-refractivity contribution in [3.8, 4) is 17.2 Å². The monoisotopic (exact) mass is 328 g/mol. The number of rotatable bonds is 3. The molecule has 0 saturated carbocycles. The van der Waals surface area contributed by atoms with Crippen molar-refractivity contribution in [2.45, 2.75) is 17.3 Å². The highest BCUT2D eigenvalue weighted by Crippen LogP contribution is 2.32. The summed E-state index contributed by atoms with van der Waals surface area (Å²) in [5.74, 6) is 5.87. The van der Waals surface area contributed by atoms with Gasteiger partial charge in [-0.3, -0.25) is 4.79 Å². The molecule has 3 aromatic rings. The normalized spacial score (nSPS) is 12.2. The molecule has 0 spiro atoms. The third-order valence-corrected chi connectivity index (χ3v) is 4.99. The summed E-state index contributed by atoms with van der Waals surface area (Å²) >= 11 is 2.58. The summed E-state index contributed by atoms with van der Waals surface area (Å²) in [7, 11) is 0. The zero-order valence-corrected chi connectivity index (χ0v) is 13.3. The number of nitriles is 1. The van der Waals surface area contributed by atoms with Crippen molar-refractivity contribution < 1.29 is 0 Å². The van der Waals surface area contributed by atoms with Gasteiger partial charge in [0.15, 0.2) is 5.16 Å². The predicted octanol–water partition coefficient (Wildman–Crippen LogP) is 2.84. The molecule has 0 aliphatic carbocycles. The third kappa shape index (κ3) is 2.47. The highest BCUT2D eigenvalue weighted by molar-refractivity contribution is 8.00. The molecule has 0 unspecified atom stereocenters. The minimum absolute atomic E-state index is 0.294. The van der Waals surface area contributed by atoms with Gasteiger partial charge < -0.3 is 5.84 Å². The lowest BCUT2D eigenvalue weighted by Crippen LogP contribution is -2.30. The smallest absolute Gasteiger partial charge is 0.282 e. The number of fused-ring (bicyclic) bond motifs is 1. The van der Waals surface area contributed by atoms with Gasteiger partial charge >= 0.3 is 0 Å². The summed E-state index contributed by atoms with van der Waals surface area (Å²) < 4.78 is 1.03. The summed E-state index contributed by atoms with van der Waals surface area (Å²) in [6, 6.07) is 11.8. The lowest BCUT2D eigenvalue weighted by atomic mass is 10.1. The van der Waals surface area contributed by atoms with Crippen LogP contribution in [-0.4, -0.2) is 14.9 Å². The Morgan fingerprint density at radius 2 is 2.14 bits per heavy atom. The molecular formula is C15H12N4OS2. The average molecular weight is 328 g/mol. The maximum atomic E-state index is 12.6. The SMILES string of the molecule is C[C@H](C#N)Sc1nc2scc(-c3ccccc3)c2c(=O)n1N. The van der Waals surface area contributed by atoms with Crippen LogP contribution in [0.15, 0.2) is 45.7 Å². The van der Waals surface area contributed by atoms with Crippen LogP contribution in [0.25, 0.3) is 21.3 Å². The van der Waals surface area contributed by atoms with Crippen LogP contribution >= 0.6 is 23.1 Å². The fraction of sp³-hybridized carbons (Fsp3) is 0.133. The number of thioether (sulfide) groups is 1. The molecule has 2 aromatic heterocycles. The molecule has 0 saturated heterocycles. The first kappa shape index (κ1) is 14.6. The van der Waals surface area contributed by atoms with E-state index in [2.05, 4.69) is 11.1 Å². The van der Waals surface area contributed by atoms with E-state index in [4.69, 9.17) is 11.1 Å². The highest BCUT2D eigenvalue weighted by atomic mass is 32.2. The molecule has 0 bridgehead atoms. The van der Waals surface area contributed by atoms with Gasteiger partial charge in [0.25, 0.3) is 5.56 Å². The number of aromatic nitrogens is 2. The second-order valence-corrected chi connectivity index (χ2v) is 6.82. The molecule has 110 valence electrons. The molecule has 0 fully saturated rings. The molecular weight excluding hydrogens is 316 g/mol. The van der Waals surface area contributed by atoms with Gasteiger partial charge in [-0.25, -0.2) is 9.66 Å². The molecule has 22 heavy (non-hydrogen) atoms. The fourth-order valence-electron chi connectivity index (χ4n) is 2.08. The van der Waals surface area contributed by atoms with Crippen molar-refractivity contribution in [2.24, 2.45) is 0 Å². The van der Waals surface area contributed by atoms with E-state index in [1.165, 1.54) is 23.1 Å². The maximum Gasteiger partial charge on any atom is 0.282 e. The fourth-order valence-corrected chi connectivity index (χ4v) is 3.79. The molecule has 3 rings (SSSR count). The van der Waals surface area contributed by atoms with E-state index in [1.54, 1.807) is 6.92 Å². The van der Waals surface area contributed by atoms with Crippen molar-refractivity contribution in [1.29, 1.82) is 5.26 Å². The van der Waals surface area contributed by atoms with E-state index in [0.717, 1.165) is 15.8 Å². The van der Waals surface area contributed by atoms with Gasteiger partial charge in [-0.1, -0.05) is 42.1 Å². The first-order chi connectivity index (χ1) is 10.6. The topological polar surface area (TPSA) is 84.7 Å². The lowest BCUT2D eigenvalue weighted by Gasteiger charge is -2.08. The predicted molar refractivity (Wildman–Crippen MR) is 90.4 cm³/mol. The van der Waals surface area contributed by atoms with E-state index in [0.29, 0.717) is 15.4 Å². The van der Waals surface area contributed by atoms with Crippen LogP contribution in [-0.2, 0) is 0 Å². The Balaban J connectivity index is 2.20. The van der Waals surface area contributed by atoms with Crippen LogP contribution in [0.3, 0.4) is 0 Å². The Morgan fingerprint density at radius 1 is 1.41 bits per heavy atom. The number of hydrogen-bond acceptors (Lipinski definition) is 6. The van der Waals surface area contributed by atoms with Gasteiger partial charge in [-0.05, 0) is 12.5 Å². The van der Waals surface area contributed by atoms with Gasteiger partial charge in [0, 0.05) is 10.9 Å². The largest absolute Gasteiger partial charge is 0.334 e. The van der Waals surface area contributed by atoms with Gasteiger partial charge in [-0.2, -0.15) is 5.26 Å². The van der Waals surface area contributed by atoms with Crippen molar-refractivity contribution in [3.05, 3.63) is 46.1 Å². The molecule has 0 amide bonds. The van der Waals surface area contributed by atoms with Crippen LogP contribution in [0.1, 0.15) is 6.92 Å². The van der Waals surface area contributed by atoms with Crippen molar-refractivity contribution in [2.75, 3.05) is 5.84 Å². The number of benzene rings is 1. The van der Waals surface area contributed by atoms with E-state index >= 15 is 0 Å².